The Hall–Kier alpha value is -1.90. The van der Waals surface area contributed by atoms with Crippen molar-refractivity contribution in [1.29, 1.82) is 0 Å². The smallest absolute Gasteiger partial charge is 0.321 e. The van der Waals surface area contributed by atoms with Gasteiger partial charge in [0.1, 0.15) is 0 Å². The molecule has 0 fully saturated rings. The zero-order valence-corrected chi connectivity index (χ0v) is 14.2. The van der Waals surface area contributed by atoms with Gasteiger partial charge >= 0.3 is 6.03 Å². The van der Waals surface area contributed by atoms with Crippen LogP contribution < -0.4 is 14.9 Å². The number of nitrogens with one attached hydrogen (secondary N) is 2. The fraction of sp³-hybridized carbons (Fsp3) is 0.267. The summed E-state index contributed by atoms with van der Waals surface area (Å²) in [5.74, 6) is 0. The first-order valence-corrected chi connectivity index (χ1v) is 9.52. The Bertz CT molecular complexity index is 816. The highest BCUT2D eigenvalue weighted by Crippen LogP contribution is 2.30. The van der Waals surface area contributed by atoms with Gasteiger partial charge in [-0.3, -0.25) is 4.90 Å². The molecule has 0 aliphatic carbocycles. The van der Waals surface area contributed by atoms with E-state index in [4.69, 9.17) is 0 Å². The maximum absolute atomic E-state index is 12.4. The average Bonchev–Trinajstić information content (AvgIpc) is 3.21. The van der Waals surface area contributed by atoms with Crippen LogP contribution in [0.5, 0.6) is 0 Å². The molecule has 0 saturated heterocycles. The lowest BCUT2D eigenvalue weighted by molar-refractivity contribution is 0.248. The van der Waals surface area contributed by atoms with Gasteiger partial charge in [-0.25, -0.2) is 17.9 Å². The minimum atomic E-state index is -3.56. The zero-order valence-electron chi connectivity index (χ0n) is 12.6. The zero-order chi connectivity index (χ0) is 16.4. The van der Waals surface area contributed by atoms with Crippen molar-refractivity contribution in [2.24, 2.45) is 0 Å². The number of benzene rings is 1. The fourth-order valence-corrected chi connectivity index (χ4v) is 4.35. The molecule has 6 nitrogen and oxygen atoms in total. The molecule has 1 aliphatic heterocycles. The molecular weight excluding hydrogens is 334 g/mol. The van der Waals surface area contributed by atoms with Crippen LogP contribution in [0.15, 0.2) is 40.6 Å². The highest BCUT2D eigenvalue weighted by Gasteiger charge is 2.26. The van der Waals surface area contributed by atoms with Crippen molar-refractivity contribution in [3.05, 3.63) is 46.2 Å². The molecule has 1 aromatic heterocycles. The van der Waals surface area contributed by atoms with Crippen LogP contribution in [0, 0.1) is 0 Å². The van der Waals surface area contributed by atoms with E-state index in [-0.39, 0.29) is 17.5 Å². The van der Waals surface area contributed by atoms with Crippen molar-refractivity contribution in [1.82, 2.24) is 10.0 Å². The van der Waals surface area contributed by atoms with Crippen LogP contribution in [0.4, 0.5) is 10.5 Å². The molecule has 122 valence electrons. The average molecular weight is 351 g/mol. The number of carbonyl (C=O) groups excluding carboxylic acids is 1. The molecule has 0 atom stereocenters. The lowest BCUT2D eigenvalue weighted by Gasteiger charge is -2.16. The molecule has 0 saturated carbocycles. The SMILES string of the molecule is CNC(=O)N1CCc2cc(S(=O)(=O)NCc3cccs3)ccc21. The lowest BCUT2D eigenvalue weighted by Crippen LogP contribution is -2.36. The normalized spacial score (nSPS) is 13.9. The van der Waals surface area contributed by atoms with Gasteiger partial charge in [-0.15, -0.1) is 11.3 Å². The van der Waals surface area contributed by atoms with E-state index in [1.54, 1.807) is 24.1 Å². The topological polar surface area (TPSA) is 78.5 Å². The molecule has 1 aromatic carbocycles. The molecule has 0 spiro atoms. The Labute approximate surface area is 139 Å². The number of thiophene rings is 1. The van der Waals surface area contributed by atoms with Crippen LogP contribution in [0.25, 0.3) is 0 Å². The van der Waals surface area contributed by atoms with E-state index in [1.165, 1.54) is 17.4 Å². The van der Waals surface area contributed by atoms with E-state index >= 15 is 0 Å². The summed E-state index contributed by atoms with van der Waals surface area (Å²) in [5, 5.41) is 4.50. The van der Waals surface area contributed by atoms with Crippen LogP contribution in [0.1, 0.15) is 10.4 Å². The molecular formula is C15H17N3O3S2. The minimum absolute atomic E-state index is 0.185. The first-order valence-electron chi connectivity index (χ1n) is 7.15. The quantitative estimate of drug-likeness (QED) is 0.883. The Morgan fingerprint density at radius 1 is 1.35 bits per heavy atom. The number of fused-ring (bicyclic) bond motifs is 1. The largest absolute Gasteiger partial charge is 0.341 e. The summed E-state index contributed by atoms with van der Waals surface area (Å²) in [6.07, 6.45) is 0.650. The Morgan fingerprint density at radius 3 is 2.87 bits per heavy atom. The Morgan fingerprint density at radius 2 is 2.17 bits per heavy atom. The maximum atomic E-state index is 12.4. The van der Waals surface area contributed by atoms with Gasteiger partial charge < -0.3 is 5.32 Å². The van der Waals surface area contributed by atoms with E-state index in [2.05, 4.69) is 10.0 Å². The molecule has 8 heteroatoms. The van der Waals surface area contributed by atoms with Crippen LogP contribution >= 0.6 is 11.3 Å². The number of urea groups is 1. The highest BCUT2D eigenvalue weighted by molar-refractivity contribution is 7.89. The van der Waals surface area contributed by atoms with E-state index in [0.717, 1.165) is 16.1 Å². The molecule has 0 radical (unpaired) electrons. The minimum Gasteiger partial charge on any atom is -0.341 e. The number of carbonyl (C=O) groups is 1. The Balaban J connectivity index is 1.80. The highest BCUT2D eigenvalue weighted by atomic mass is 32.2. The summed E-state index contributed by atoms with van der Waals surface area (Å²) >= 11 is 1.51. The second-order valence-electron chi connectivity index (χ2n) is 5.15. The number of hydrogen-bond donors (Lipinski definition) is 2. The van der Waals surface area contributed by atoms with Gasteiger partial charge in [-0.1, -0.05) is 6.07 Å². The summed E-state index contributed by atoms with van der Waals surface area (Å²) in [6, 6.07) is 8.47. The first-order chi connectivity index (χ1) is 11.0. The molecule has 1 aliphatic rings. The van der Waals surface area contributed by atoms with Gasteiger partial charge in [0.05, 0.1) is 4.90 Å². The second-order valence-corrected chi connectivity index (χ2v) is 7.95. The van der Waals surface area contributed by atoms with Crippen molar-refractivity contribution < 1.29 is 13.2 Å². The van der Waals surface area contributed by atoms with Crippen molar-refractivity contribution in [3.63, 3.8) is 0 Å². The van der Waals surface area contributed by atoms with Crippen molar-refractivity contribution in [2.45, 2.75) is 17.9 Å². The van der Waals surface area contributed by atoms with Gasteiger partial charge in [0.2, 0.25) is 10.0 Å². The van der Waals surface area contributed by atoms with E-state index in [9.17, 15) is 13.2 Å². The maximum Gasteiger partial charge on any atom is 0.321 e. The van der Waals surface area contributed by atoms with Gasteiger partial charge in [0, 0.05) is 30.7 Å². The summed E-state index contributed by atoms with van der Waals surface area (Å²) in [6.45, 7) is 0.836. The van der Waals surface area contributed by atoms with Crippen LogP contribution in [0.3, 0.4) is 0 Å². The molecule has 2 heterocycles. The number of amides is 2. The molecule has 2 aromatic rings. The van der Waals surface area contributed by atoms with Crippen molar-refractivity contribution in [3.8, 4) is 0 Å². The summed E-state index contributed by atoms with van der Waals surface area (Å²) in [4.78, 5) is 14.6. The van der Waals surface area contributed by atoms with Gasteiger partial charge in [0.15, 0.2) is 0 Å². The number of rotatable bonds is 4. The first kappa shape index (κ1) is 16.0. The number of hydrogen-bond acceptors (Lipinski definition) is 4. The van der Waals surface area contributed by atoms with E-state index < -0.39 is 10.0 Å². The molecule has 2 amide bonds. The third-order valence-corrected chi connectivity index (χ3v) is 6.01. The molecule has 2 N–H and O–H groups in total. The standard InChI is InChI=1S/C15H17N3O3S2/c1-16-15(19)18-7-6-11-9-13(4-5-14(11)18)23(20,21)17-10-12-3-2-8-22-12/h2-5,8-9,17H,6-7,10H2,1H3,(H,16,19). The van der Waals surface area contributed by atoms with Crippen molar-refractivity contribution >= 4 is 33.1 Å². The molecule has 0 bridgehead atoms. The third-order valence-electron chi connectivity index (χ3n) is 3.73. The van der Waals surface area contributed by atoms with Crippen molar-refractivity contribution in [2.75, 3.05) is 18.5 Å². The van der Waals surface area contributed by atoms with E-state index in [0.29, 0.717) is 13.0 Å². The van der Waals surface area contributed by atoms with Gasteiger partial charge in [-0.2, -0.15) is 0 Å². The van der Waals surface area contributed by atoms with Crippen LogP contribution in [-0.2, 0) is 23.0 Å². The van der Waals surface area contributed by atoms with Gasteiger partial charge in [-0.05, 0) is 41.6 Å². The van der Waals surface area contributed by atoms with Crippen LogP contribution in [-0.4, -0.2) is 28.0 Å². The fourth-order valence-electron chi connectivity index (χ4n) is 2.55. The molecule has 3 rings (SSSR count). The molecule has 0 unspecified atom stereocenters. The summed E-state index contributed by atoms with van der Waals surface area (Å²) in [7, 11) is -1.99. The summed E-state index contributed by atoms with van der Waals surface area (Å²) < 4.78 is 27.4. The number of sulfonamides is 1. The second kappa shape index (κ2) is 6.31. The predicted octanol–water partition coefficient (Wildman–Crippen LogP) is 1.93. The van der Waals surface area contributed by atoms with Crippen LogP contribution in [0.2, 0.25) is 0 Å². The molecule has 23 heavy (non-hydrogen) atoms. The summed E-state index contributed by atoms with van der Waals surface area (Å²) in [5.41, 5.74) is 1.63. The Kier molecular flexibility index (Phi) is 4.38. The van der Waals surface area contributed by atoms with Gasteiger partial charge in [0.25, 0.3) is 0 Å². The monoisotopic (exact) mass is 351 g/mol. The lowest BCUT2D eigenvalue weighted by atomic mass is 10.2. The third kappa shape index (κ3) is 3.24. The van der Waals surface area contributed by atoms with E-state index in [1.807, 2.05) is 17.5 Å². The predicted molar refractivity (Wildman–Crippen MR) is 90.3 cm³/mol. The number of nitrogens with zero attached hydrogens (tertiary/aromatic N) is 1. The number of anilines is 1.